The predicted molar refractivity (Wildman–Crippen MR) is 65.2 cm³/mol. The van der Waals surface area contributed by atoms with Gasteiger partial charge in [0.25, 0.3) is 10.0 Å². The minimum atomic E-state index is -3.61. The van der Waals surface area contributed by atoms with E-state index in [1.807, 2.05) is 13.0 Å². The number of piperazine rings is 1. The molecule has 1 fully saturated rings. The molecule has 1 aliphatic rings. The van der Waals surface area contributed by atoms with Crippen LogP contribution in [0.1, 0.15) is 12.5 Å². The number of hydrogen-bond acceptors (Lipinski definition) is 5. The Balaban J connectivity index is 2.38. The third kappa shape index (κ3) is 2.36. The van der Waals surface area contributed by atoms with Crippen LogP contribution in [-0.2, 0) is 10.0 Å². The van der Waals surface area contributed by atoms with Gasteiger partial charge in [-0.1, -0.05) is 0 Å². The number of hydrogen-bond donors (Lipinski definition) is 1. The molecule has 18 heavy (non-hydrogen) atoms. The quantitative estimate of drug-likeness (QED) is 0.810. The first-order valence-electron chi connectivity index (χ1n) is 5.64. The highest BCUT2D eigenvalue weighted by Gasteiger charge is 2.31. The van der Waals surface area contributed by atoms with Gasteiger partial charge >= 0.3 is 0 Å². The van der Waals surface area contributed by atoms with Gasteiger partial charge in [-0.15, -0.1) is 0 Å². The maximum absolute atomic E-state index is 12.4. The fourth-order valence-electron chi connectivity index (χ4n) is 1.92. The SMILES string of the molecule is C[C@H]1CNCCN1S(=O)(=O)c1cc(C#N)ccn1. The molecule has 2 rings (SSSR count). The summed E-state index contributed by atoms with van der Waals surface area (Å²) in [6, 6.07) is 4.60. The zero-order valence-corrected chi connectivity index (χ0v) is 10.8. The smallest absolute Gasteiger partial charge is 0.260 e. The van der Waals surface area contributed by atoms with Gasteiger partial charge in [0.15, 0.2) is 5.03 Å². The second-order valence-electron chi connectivity index (χ2n) is 4.16. The van der Waals surface area contributed by atoms with E-state index in [2.05, 4.69) is 10.3 Å². The molecule has 0 radical (unpaired) electrons. The lowest BCUT2D eigenvalue weighted by molar-refractivity contribution is 0.283. The predicted octanol–water partition coefficient (Wildman–Crippen LogP) is -0.0643. The molecule has 0 aliphatic carbocycles. The molecule has 0 aromatic carbocycles. The van der Waals surface area contributed by atoms with Crippen molar-refractivity contribution in [2.75, 3.05) is 19.6 Å². The zero-order chi connectivity index (χ0) is 13.2. The monoisotopic (exact) mass is 266 g/mol. The van der Waals surface area contributed by atoms with Crippen LogP contribution < -0.4 is 5.32 Å². The van der Waals surface area contributed by atoms with Crippen molar-refractivity contribution in [3.63, 3.8) is 0 Å². The van der Waals surface area contributed by atoms with Crippen LogP contribution in [0.4, 0.5) is 0 Å². The molecule has 1 aromatic rings. The fourth-order valence-corrected chi connectivity index (χ4v) is 3.51. The molecule has 1 saturated heterocycles. The van der Waals surface area contributed by atoms with Crippen molar-refractivity contribution in [2.45, 2.75) is 18.0 Å². The molecule has 6 nitrogen and oxygen atoms in total. The Labute approximate surface area is 106 Å². The molecule has 0 unspecified atom stereocenters. The summed E-state index contributed by atoms with van der Waals surface area (Å²) in [6.07, 6.45) is 1.35. The van der Waals surface area contributed by atoms with Crippen LogP contribution in [0.2, 0.25) is 0 Å². The van der Waals surface area contributed by atoms with Gasteiger partial charge in [0, 0.05) is 31.9 Å². The van der Waals surface area contributed by atoms with Gasteiger partial charge in [0.1, 0.15) is 0 Å². The third-order valence-electron chi connectivity index (χ3n) is 2.88. The highest BCUT2D eigenvalue weighted by molar-refractivity contribution is 7.89. The van der Waals surface area contributed by atoms with E-state index in [9.17, 15) is 8.42 Å². The Morgan fingerprint density at radius 1 is 1.61 bits per heavy atom. The number of sulfonamides is 1. The van der Waals surface area contributed by atoms with E-state index in [0.717, 1.165) is 0 Å². The highest BCUT2D eigenvalue weighted by atomic mass is 32.2. The second-order valence-corrected chi connectivity index (χ2v) is 6.00. The van der Waals surface area contributed by atoms with E-state index in [1.165, 1.54) is 22.6 Å². The number of nitriles is 1. The summed E-state index contributed by atoms with van der Waals surface area (Å²) in [5.41, 5.74) is 0.298. The maximum atomic E-state index is 12.4. The van der Waals surface area contributed by atoms with E-state index in [-0.39, 0.29) is 11.1 Å². The molecule has 7 heteroatoms. The number of nitrogens with one attached hydrogen (secondary N) is 1. The summed E-state index contributed by atoms with van der Waals surface area (Å²) in [6.45, 7) is 3.51. The van der Waals surface area contributed by atoms with E-state index in [1.54, 1.807) is 0 Å². The number of aromatic nitrogens is 1. The number of pyridine rings is 1. The number of rotatable bonds is 2. The number of nitrogens with zero attached hydrogens (tertiary/aromatic N) is 3. The van der Waals surface area contributed by atoms with Gasteiger partial charge in [-0.25, -0.2) is 13.4 Å². The Hall–Kier alpha value is -1.49. The van der Waals surface area contributed by atoms with Crippen LogP contribution in [0.15, 0.2) is 23.4 Å². The van der Waals surface area contributed by atoms with Gasteiger partial charge < -0.3 is 5.32 Å². The van der Waals surface area contributed by atoms with Crippen molar-refractivity contribution in [3.05, 3.63) is 23.9 Å². The topological polar surface area (TPSA) is 86.1 Å². The van der Waals surface area contributed by atoms with Crippen molar-refractivity contribution in [3.8, 4) is 6.07 Å². The molecule has 0 spiro atoms. The minimum Gasteiger partial charge on any atom is -0.314 e. The molecule has 1 N–H and O–H groups in total. The van der Waals surface area contributed by atoms with Crippen molar-refractivity contribution in [2.24, 2.45) is 0 Å². The molecule has 1 aliphatic heterocycles. The van der Waals surface area contributed by atoms with Gasteiger partial charge in [-0.2, -0.15) is 9.57 Å². The molecule has 2 heterocycles. The first kappa shape index (κ1) is 13.0. The zero-order valence-electron chi connectivity index (χ0n) is 10.00. The van der Waals surface area contributed by atoms with Gasteiger partial charge in [0.05, 0.1) is 11.6 Å². The fraction of sp³-hybridized carbons (Fsp3) is 0.455. The molecule has 0 amide bonds. The first-order valence-corrected chi connectivity index (χ1v) is 7.08. The van der Waals surface area contributed by atoms with Gasteiger partial charge in [-0.3, -0.25) is 0 Å². The molecular weight excluding hydrogens is 252 g/mol. The van der Waals surface area contributed by atoms with Crippen molar-refractivity contribution < 1.29 is 8.42 Å². The van der Waals surface area contributed by atoms with E-state index >= 15 is 0 Å². The van der Waals surface area contributed by atoms with Crippen LogP contribution in [0, 0.1) is 11.3 Å². The average Bonchev–Trinajstić information content (AvgIpc) is 2.39. The molecule has 1 atom stereocenters. The van der Waals surface area contributed by atoms with Gasteiger partial charge in [-0.05, 0) is 19.1 Å². The highest BCUT2D eigenvalue weighted by Crippen LogP contribution is 2.17. The second kappa shape index (κ2) is 5.02. The molecular formula is C11H14N4O2S. The molecule has 0 bridgehead atoms. The van der Waals surface area contributed by atoms with E-state index in [4.69, 9.17) is 5.26 Å². The lowest BCUT2D eigenvalue weighted by atomic mass is 10.3. The minimum absolute atomic E-state index is 0.0599. The molecule has 0 saturated carbocycles. The summed E-state index contributed by atoms with van der Waals surface area (Å²) in [4.78, 5) is 3.87. The Morgan fingerprint density at radius 2 is 2.39 bits per heavy atom. The Morgan fingerprint density at radius 3 is 3.06 bits per heavy atom. The summed E-state index contributed by atoms with van der Waals surface area (Å²) < 4.78 is 26.2. The maximum Gasteiger partial charge on any atom is 0.260 e. The third-order valence-corrected chi connectivity index (χ3v) is 4.79. The van der Waals surface area contributed by atoms with E-state index < -0.39 is 10.0 Å². The Kier molecular flexibility index (Phi) is 3.61. The lowest BCUT2D eigenvalue weighted by Gasteiger charge is -2.32. The summed E-state index contributed by atoms with van der Waals surface area (Å²) in [5.74, 6) is 0. The summed E-state index contributed by atoms with van der Waals surface area (Å²) in [5, 5.41) is 11.9. The van der Waals surface area contributed by atoms with Crippen molar-refractivity contribution in [1.29, 1.82) is 5.26 Å². The standard InChI is InChI=1S/C11H14N4O2S/c1-9-8-13-4-5-15(9)18(16,17)11-6-10(7-12)2-3-14-11/h2-3,6,9,13H,4-5,8H2,1H3/t9-/m0/s1. The molecule has 1 aromatic heterocycles. The van der Waals surface area contributed by atoms with Crippen molar-refractivity contribution >= 4 is 10.0 Å². The first-order chi connectivity index (χ1) is 8.55. The molecule has 96 valence electrons. The lowest BCUT2D eigenvalue weighted by Crippen LogP contribution is -2.52. The van der Waals surface area contributed by atoms with Crippen LogP contribution >= 0.6 is 0 Å². The van der Waals surface area contributed by atoms with E-state index in [0.29, 0.717) is 25.2 Å². The van der Waals surface area contributed by atoms with Crippen LogP contribution in [0.3, 0.4) is 0 Å². The van der Waals surface area contributed by atoms with Gasteiger partial charge in [0.2, 0.25) is 0 Å². The summed E-state index contributed by atoms with van der Waals surface area (Å²) >= 11 is 0. The average molecular weight is 266 g/mol. The van der Waals surface area contributed by atoms with Crippen LogP contribution in [0.25, 0.3) is 0 Å². The largest absolute Gasteiger partial charge is 0.314 e. The summed E-state index contributed by atoms with van der Waals surface area (Å²) in [7, 11) is -3.61. The van der Waals surface area contributed by atoms with Crippen molar-refractivity contribution in [1.82, 2.24) is 14.6 Å². The van der Waals surface area contributed by atoms with Crippen LogP contribution in [0.5, 0.6) is 0 Å². The van der Waals surface area contributed by atoms with Crippen LogP contribution in [-0.4, -0.2) is 43.4 Å². The Bertz CT molecular complexity index is 579. The normalized spacial score (nSPS) is 21.4.